The minimum atomic E-state index is -4.53. The molecule has 0 radical (unpaired) electrons. The second-order valence-corrected chi connectivity index (χ2v) is 5.10. The largest absolute Gasteiger partial charge is 0.418 e. The van der Waals surface area contributed by atoms with Crippen molar-refractivity contribution in [2.24, 2.45) is 5.41 Å². The predicted octanol–water partition coefficient (Wildman–Crippen LogP) is 2.76. The number of alkyl halides is 3. The fourth-order valence-corrected chi connectivity index (χ4v) is 1.55. The molecule has 0 saturated heterocycles. The first-order chi connectivity index (χ1) is 8.72. The van der Waals surface area contributed by atoms with Crippen molar-refractivity contribution in [1.29, 1.82) is 0 Å². The van der Waals surface area contributed by atoms with Gasteiger partial charge >= 0.3 is 6.18 Å². The van der Waals surface area contributed by atoms with Gasteiger partial charge in [-0.05, 0) is 18.2 Å². The standard InChI is InChI=1S/C12H15ClF3NO2/c1-11(6-18,7-19)5-17-10-3-2-8(13)4-9(10)12(14,15)16/h2-4,17-19H,5-7H2,1H3. The highest BCUT2D eigenvalue weighted by Crippen LogP contribution is 2.36. The van der Waals surface area contributed by atoms with Gasteiger partial charge in [0.25, 0.3) is 0 Å². The van der Waals surface area contributed by atoms with Crippen molar-refractivity contribution in [3.05, 3.63) is 28.8 Å². The van der Waals surface area contributed by atoms with Gasteiger partial charge in [0, 0.05) is 22.7 Å². The van der Waals surface area contributed by atoms with E-state index in [0.29, 0.717) is 0 Å². The van der Waals surface area contributed by atoms with Crippen molar-refractivity contribution in [2.45, 2.75) is 13.1 Å². The summed E-state index contributed by atoms with van der Waals surface area (Å²) in [5, 5.41) is 20.8. The molecule has 0 bridgehead atoms. The molecule has 0 unspecified atom stereocenters. The summed E-state index contributed by atoms with van der Waals surface area (Å²) in [6.45, 7) is 0.880. The molecule has 0 fully saturated rings. The number of hydrogen-bond donors (Lipinski definition) is 3. The molecule has 7 heteroatoms. The van der Waals surface area contributed by atoms with E-state index in [1.54, 1.807) is 6.92 Å². The van der Waals surface area contributed by atoms with Gasteiger partial charge in [0.15, 0.2) is 0 Å². The van der Waals surface area contributed by atoms with Crippen LogP contribution in [0, 0.1) is 5.41 Å². The van der Waals surface area contributed by atoms with Crippen LogP contribution in [0.4, 0.5) is 18.9 Å². The van der Waals surface area contributed by atoms with Gasteiger partial charge in [0.2, 0.25) is 0 Å². The molecule has 0 amide bonds. The molecular formula is C12H15ClF3NO2. The highest BCUT2D eigenvalue weighted by Gasteiger charge is 2.34. The number of halogens is 4. The zero-order valence-corrected chi connectivity index (χ0v) is 11.0. The van der Waals surface area contributed by atoms with Crippen LogP contribution >= 0.6 is 11.6 Å². The topological polar surface area (TPSA) is 52.5 Å². The molecule has 0 spiro atoms. The molecule has 0 saturated carbocycles. The van der Waals surface area contributed by atoms with Crippen LogP contribution in [0.25, 0.3) is 0 Å². The summed E-state index contributed by atoms with van der Waals surface area (Å²) in [6.07, 6.45) is -4.53. The highest BCUT2D eigenvalue weighted by molar-refractivity contribution is 6.30. The van der Waals surface area contributed by atoms with E-state index in [1.807, 2.05) is 0 Å². The summed E-state index contributed by atoms with van der Waals surface area (Å²) in [7, 11) is 0. The van der Waals surface area contributed by atoms with Crippen LogP contribution in [-0.2, 0) is 6.18 Å². The summed E-state index contributed by atoms with van der Waals surface area (Å²) in [5.41, 5.74) is -1.91. The lowest BCUT2D eigenvalue weighted by molar-refractivity contribution is -0.137. The van der Waals surface area contributed by atoms with Gasteiger partial charge in [-0.25, -0.2) is 0 Å². The second-order valence-electron chi connectivity index (χ2n) is 4.67. The molecule has 0 atom stereocenters. The van der Waals surface area contributed by atoms with Crippen molar-refractivity contribution in [2.75, 3.05) is 25.1 Å². The number of aliphatic hydroxyl groups excluding tert-OH is 2. The summed E-state index contributed by atoms with van der Waals surface area (Å²) in [6, 6.07) is 3.40. The van der Waals surface area contributed by atoms with E-state index in [4.69, 9.17) is 21.8 Å². The first-order valence-corrected chi connectivity index (χ1v) is 5.92. The Bertz CT molecular complexity index is 433. The minimum absolute atomic E-state index is 0.00467. The molecular weight excluding hydrogens is 283 g/mol. The van der Waals surface area contributed by atoms with Gasteiger partial charge in [0.1, 0.15) is 0 Å². The van der Waals surface area contributed by atoms with Crippen LogP contribution in [0.3, 0.4) is 0 Å². The lowest BCUT2D eigenvalue weighted by atomic mass is 9.93. The Morgan fingerprint density at radius 3 is 2.26 bits per heavy atom. The van der Waals surface area contributed by atoms with Gasteiger partial charge in [-0.15, -0.1) is 0 Å². The number of aliphatic hydroxyl groups is 2. The molecule has 1 aromatic carbocycles. The van der Waals surface area contributed by atoms with E-state index >= 15 is 0 Å². The minimum Gasteiger partial charge on any atom is -0.396 e. The van der Waals surface area contributed by atoms with Crippen LogP contribution < -0.4 is 5.32 Å². The first-order valence-electron chi connectivity index (χ1n) is 5.54. The molecule has 0 aliphatic rings. The van der Waals surface area contributed by atoms with Gasteiger partial charge in [-0.1, -0.05) is 18.5 Å². The third kappa shape index (κ3) is 4.26. The zero-order valence-electron chi connectivity index (χ0n) is 10.3. The number of benzene rings is 1. The molecule has 0 aliphatic heterocycles. The van der Waals surface area contributed by atoms with Gasteiger partial charge in [-0.3, -0.25) is 0 Å². The fourth-order valence-electron chi connectivity index (χ4n) is 1.38. The van der Waals surface area contributed by atoms with Crippen molar-refractivity contribution in [3.8, 4) is 0 Å². The zero-order chi connectivity index (χ0) is 14.7. The SMILES string of the molecule is CC(CO)(CO)CNc1ccc(Cl)cc1C(F)(F)F. The van der Waals surface area contributed by atoms with Gasteiger partial charge in [-0.2, -0.15) is 13.2 Å². The van der Waals surface area contributed by atoms with Crippen LogP contribution in [0.2, 0.25) is 5.02 Å². The van der Waals surface area contributed by atoms with E-state index in [2.05, 4.69) is 5.32 Å². The van der Waals surface area contributed by atoms with Gasteiger partial charge in [0.05, 0.1) is 18.8 Å². The average molecular weight is 298 g/mol. The smallest absolute Gasteiger partial charge is 0.396 e. The third-order valence-electron chi connectivity index (χ3n) is 2.76. The maximum atomic E-state index is 12.8. The van der Waals surface area contributed by atoms with E-state index in [0.717, 1.165) is 6.07 Å². The Labute approximate surface area is 114 Å². The molecule has 108 valence electrons. The Hall–Kier alpha value is -0.980. The van der Waals surface area contributed by atoms with E-state index in [9.17, 15) is 13.2 Å². The number of anilines is 1. The van der Waals surface area contributed by atoms with E-state index in [1.165, 1.54) is 12.1 Å². The quantitative estimate of drug-likeness (QED) is 0.783. The lowest BCUT2D eigenvalue weighted by Crippen LogP contribution is -2.34. The van der Waals surface area contributed by atoms with Crippen LogP contribution in [0.1, 0.15) is 12.5 Å². The van der Waals surface area contributed by atoms with E-state index < -0.39 is 17.2 Å². The monoisotopic (exact) mass is 297 g/mol. The Morgan fingerprint density at radius 2 is 1.79 bits per heavy atom. The van der Waals surface area contributed by atoms with Crippen LogP contribution in [0.5, 0.6) is 0 Å². The normalized spacial score (nSPS) is 12.6. The Balaban J connectivity index is 2.96. The summed E-state index contributed by atoms with van der Waals surface area (Å²) in [4.78, 5) is 0. The average Bonchev–Trinajstić information content (AvgIpc) is 2.36. The maximum absolute atomic E-state index is 12.8. The Kier molecular flexibility index (Phi) is 5.06. The van der Waals surface area contributed by atoms with Crippen molar-refractivity contribution < 1.29 is 23.4 Å². The first kappa shape index (κ1) is 16.1. The molecule has 19 heavy (non-hydrogen) atoms. The number of nitrogens with one attached hydrogen (secondary N) is 1. The summed E-state index contributed by atoms with van der Waals surface area (Å²) in [5.74, 6) is 0. The second kappa shape index (κ2) is 5.98. The molecule has 1 rings (SSSR count). The maximum Gasteiger partial charge on any atom is 0.418 e. The van der Waals surface area contributed by atoms with Crippen LogP contribution in [0.15, 0.2) is 18.2 Å². The summed E-state index contributed by atoms with van der Waals surface area (Å²) < 4.78 is 38.4. The molecule has 3 N–H and O–H groups in total. The molecule has 0 aromatic heterocycles. The van der Waals surface area contributed by atoms with Crippen molar-refractivity contribution >= 4 is 17.3 Å². The third-order valence-corrected chi connectivity index (χ3v) is 2.99. The number of rotatable bonds is 5. The van der Waals surface area contributed by atoms with Crippen molar-refractivity contribution in [3.63, 3.8) is 0 Å². The highest BCUT2D eigenvalue weighted by atomic mass is 35.5. The van der Waals surface area contributed by atoms with Gasteiger partial charge < -0.3 is 15.5 Å². The fraction of sp³-hybridized carbons (Fsp3) is 0.500. The number of hydrogen-bond acceptors (Lipinski definition) is 3. The predicted molar refractivity (Wildman–Crippen MR) is 67.2 cm³/mol. The molecule has 1 aromatic rings. The Morgan fingerprint density at radius 1 is 1.21 bits per heavy atom. The molecule has 0 heterocycles. The molecule has 3 nitrogen and oxygen atoms in total. The van der Waals surface area contributed by atoms with Crippen LogP contribution in [-0.4, -0.2) is 30.0 Å². The van der Waals surface area contributed by atoms with Crippen molar-refractivity contribution in [1.82, 2.24) is 0 Å². The lowest BCUT2D eigenvalue weighted by Gasteiger charge is -2.26. The summed E-state index contributed by atoms with van der Waals surface area (Å²) >= 11 is 5.56. The molecule has 0 aliphatic carbocycles. The van der Waals surface area contributed by atoms with E-state index in [-0.39, 0.29) is 30.5 Å².